The highest BCUT2D eigenvalue weighted by atomic mass is 16.6. The van der Waals surface area contributed by atoms with Gasteiger partial charge in [-0.15, -0.1) is 0 Å². The number of hydrogen-bond donors (Lipinski definition) is 1. The van der Waals surface area contributed by atoms with Gasteiger partial charge in [-0.2, -0.15) is 0 Å². The van der Waals surface area contributed by atoms with Crippen LogP contribution in [0.5, 0.6) is 0 Å². The van der Waals surface area contributed by atoms with Gasteiger partial charge in [0.1, 0.15) is 6.61 Å². The summed E-state index contributed by atoms with van der Waals surface area (Å²) in [4.78, 5) is 24.0. The van der Waals surface area contributed by atoms with E-state index in [1.54, 1.807) is 31.2 Å². The van der Waals surface area contributed by atoms with E-state index in [0.717, 1.165) is 11.3 Å². The third-order valence-electron chi connectivity index (χ3n) is 3.45. The van der Waals surface area contributed by atoms with Gasteiger partial charge >= 0.3 is 5.97 Å². The van der Waals surface area contributed by atoms with Crippen molar-refractivity contribution in [3.05, 3.63) is 83.2 Å². The van der Waals surface area contributed by atoms with Crippen LogP contribution in [0.4, 0.5) is 5.69 Å². The second kappa shape index (κ2) is 7.44. The van der Waals surface area contributed by atoms with Crippen LogP contribution in [0, 0.1) is 6.92 Å². The number of nitrogens with zero attached hydrogens (tertiary/aromatic N) is 1. The number of hydrogen-bond acceptors (Lipinski definition) is 5. The van der Waals surface area contributed by atoms with Crippen molar-refractivity contribution in [1.29, 1.82) is 0 Å². The van der Waals surface area contributed by atoms with Gasteiger partial charge < -0.3 is 14.6 Å². The zero-order valence-corrected chi connectivity index (χ0v) is 13.6. The van der Waals surface area contributed by atoms with Crippen molar-refractivity contribution in [2.45, 2.75) is 13.5 Å². The standard InChI is InChI=1S/C19H16N2O4/c1-13-11-17(25-21-13)19(23)24-12-14-7-9-15(10-8-14)18(22)20-16-5-3-2-4-6-16/h2-11H,12H2,1H3,(H,20,22). The third-order valence-corrected chi connectivity index (χ3v) is 3.45. The molecule has 1 heterocycles. The van der Waals surface area contributed by atoms with Crippen LogP contribution in [-0.2, 0) is 11.3 Å². The molecule has 0 saturated heterocycles. The summed E-state index contributed by atoms with van der Waals surface area (Å²) in [5.74, 6) is -0.713. The van der Waals surface area contributed by atoms with Crippen molar-refractivity contribution in [2.75, 3.05) is 5.32 Å². The second-order valence-electron chi connectivity index (χ2n) is 5.43. The van der Waals surface area contributed by atoms with Crippen molar-refractivity contribution in [1.82, 2.24) is 5.16 Å². The molecule has 0 aliphatic carbocycles. The maximum Gasteiger partial charge on any atom is 0.377 e. The number of amides is 1. The Morgan fingerprint density at radius 1 is 1.08 bits per heavy atom. The molecule has 25 heavy (non-hydrogen) atoms. The highest BCUT2D eigenvalue weighted by molar-refractivity contribution is 6.04. The lowest BCUT2D eigenvalue weighted by Gasteiger charge is -2.06. The van der Waals surface area contributed by atoms with E-state index in [-0.39, 0.29) is 18.3 Å². The summed E-state index contributed by atoms with van der Waals surface area (Å²) in [5, 5.41) is 6.45. The first kappa shape index (κ1) is 16.4. The fraction of sp³-hybridized carbons (Fsp3) is 0.105. The summed E-state index contributed by atoms with van der Waals surface area (Å²) in [7, 11) is 0. The van der Waals surface area contributed by atoms with Gasteiger partial charge in [0, 0.05) is 17.3 Å². The van der Waals surface area contributed by atoms with E-state index in [0.29, 0.717) is 11.3 Å². The van der Waals surface area contributed by atoms with Gasteiger partial charge in [0.25, 0.3) is 5.91 Å². The quantitative estimate of drug-likeness (QED) is 0.720. The summed E-state index contributed by atoms with van der Waals surface area (Å²) in [6.07, 6.45) is 0. The molecule has 0 aliphatic rings. The Kier molecular flexibility index (Phi) is 4.89. The van der Waals surface area contributed by atoms with Gasteiger partial charge in [0.05, 0.1) is 5.69 Å². The molecule has 1 N–H and O–H groups in total. The lowest BCUT2D eigenvalue weighted by Crippen LogP contribution is -2.11. The van der Waals surface area contributed by atoms with E-state index < -0.39 is 5.97 Å². The van der Waals surface area contributed by atoms with Crippen LogP contribution >= 0.6 is 0 Å². The number of benzene rings is 2. The predicted octanol–water partition coefficient (Wildman–Crippen LogP) is 3.59. The Balaban J connectivity index is 1.56. The fourth-order valence-corrected chi connectivity index (χ4v) is 2.16. The average Bonchev–Trinajstić information content (AvgIpc) is 3.07. The van der Waals surface area contributed by atoms with Crippen LogP contribution in [0.3, 0.4) is 0 Å². The molecular weight excluding hydrogens is 320 g/mol. The van der Waals surface area contributed by atoms with Crippen molar-refractivity contribution in [3.63, 3.8) is 0 Å². The number of anilines is 1. The van der Waals surface area contributed by atoms with Gasteiger partial charge in [-0.1, -0.05) is 35.5 Å². The van der Waals surface area contributed by atoms with Crippen LogP contribution in [0.25, 0.3) is 0 Å². The number of ether oxygens (including phenoxy) is 1. The highest BCUT2D eigenvalue weighted by Crippen LogP contribution is 2.12. The molecule has 1 amide bonds. The van der Waals surface area contributed by atoms with E-state index in [9.17, 15) is 9.59 Å². The molecule has 2 aromatic carbocycles. The van der Waals surface area contributed by atoms with Crippen LogP contribution < -0.4 is 5.32 Å². The summed E-state index contributed by atoms with van der Waals surface area (Å²) < 4.78 is 9.99. The molecule has 126 valence electrons. The van der Waals surface area contributed by atoms with Crippen LogP contribution in [-0.4, -0.2) is 17.0 Å². The zero-order chi connectivity index (χ0) is 17.6. The number of aryl methyl sites for hydroxylation is 1. The third kappa shape index (κ3) is 4.32. The number of aromatic nitrogens is 1. The molecular formula is C19H16N2O4. The van der Waals surface area contributed by atoms with Crippen molar-refractivity contribution in [3.8, 4) is 0 Å². The molecule has 0 radical (unpaired) electrons. The molecule has 0 aliphatic heterocycles. The van der Waals surface area contributed by atoms with Gasteiger partial charge in [0.2, 0.25) is 5.76 Å². The first-order valence-corrected chi connectivity index (χ1v) is 7.67. The minimum atomic E-state index is -0.577. The fourth-order valence-electron chi connectivity index (χ4n) is 2.16. The lowest BCUT2D eigenvalue weighted by atomic mass is 10.1. The molecule has 6 nitrogen and oxygen atoms in total. The molecule has 0 unspecified atom stereocenters. The van der Waals surface area contributed by atoms with Crippen LogP contribution in [0.1, 0.15) is 32.2 Å². The van der Waals surface area contributed by atoms with Crippen LogP contribution in [0.2, 0.25) is 0 Å². The van der Waals surface area contributed by atoms with Crippen molar-refractivity contribution in [2.24, 2.45) is 0 Å². The highest BCUT2D eigenvalue weighted by Gasteiger charge is 2.13. The minimum absolute atomic E-state index is 0.0661. The molecule has 0 bridgehead atoms. The molecule has 6 heteroatoms. The lowest BCUT2D eigenvalue weighted by molar-refractivity contribution is 0.0425. The van der Waals surface area contributed by atoms with E-state index >= 15 is 0 Å². The Bertz CT molecular complexity index is 870. The molecule has 3 aromatic rings. The van der Waals surface area contributed by atoms with Gasteiger partial charge in [-0.05, 0) is 36.8 Å². The Morgan fingerprint density at radius 2 is 1.80 bits per heavy atom. The Morgan fingerprint density at radius 3 is 2.44 bits per heavy atom. The maximum atomic E-state index is 12.2. The number of nitrogens with one attached hydrogen (secondary N) is 1. The average molecular weight is 336 g/mol. The monoisotopic (exact) mass is 336 g/mol. The van der Waals surface area contributed by atoms with E-state index in [4.69, 9.17) is 9.26 Å². The summed E-state index contributed by atoms with van der Waals surface area (Å²) >= 11 is 0. The van der Waals surface area contributed by atoms with Crippen LogP contribution in [0.15, 0.2) is 65.2 Å². The molecule has 3 rings (SSSR count). The van der Waals surface area contributed by atoms with Gasteiger partial charge in [-0.3, -0.25) is 4.79 Å². The number of carbonyl (C=O) groups excluding carboxylic acids is 2. The van der Waals surface area contributed by atoms with E-state index in [2.05, 4.69) is 10.5 Å². The molecule has 0 atom stereocenters. The number of rotatable bonds is 5. The first-order chi connectivity index (χ1) is 12.1. The van der Waals surface area contributed by atoms with E-state index in [1.165, 1.54) is 6.07 Å². The second-order valence-corrected chi connectivity index (χ2v) is 5.43. The summed E-state index contributed by atoms with van der Waals surface area (Å²) in [6.45, 7) is 1.80. The van der Waals surface area contributed by atoms with Gasteiger partial charge in [0.15, 0.2) is 0 Å². The Labute approximate surface area is 144 Å². The summed E-state index contributed by atoms with van der Waals surface area (Å²) in [6, 6.07) is 17.6. The molecule has 0 fully saturated rings. The number of para-hydroxylation sites is 1. The smallest absolute Gasteiger partial charge is 0.377 e. The SMILES string of the molecule is Cc1cc(C(=O)OCc2ccc(C(=O)Nc3ccccc3)cc2)on1. The number of carbonyl (C=O) groups is 2. The summed E-state index contributed by atoms with van der Waals surface area (Å²) in [5.41, 5.74) is 2.62. The normalized spacial score (nSPS) is 10.3. The molecule has 0 spiro atoms. The topological polar surface area (TPSA) is 81.4 Å². The minimum Gasteiger partial charge on any atom is -0.455 e. The number of esters is 1. The predicted molar refractivity (Wildman–Crippen MR) is 91.2 cm³/mol. The van der Waals surface area contributed by atoms with Crippen molar-refractivity contribution < 1.29 is 18.8 Å². The largest absolute Gasteiger partial charge is 0.455 e. The maximum absolute atomic E-state index is 12.2. The molecule has 0 saturated carbocycles. The van der Waals surface area contributed by atoms with Gasteiger partial charge in [-0.25, -0.2) is 4.79 Å². The zero-order valence-electron chi connectivity index (χ0n) is 13.6. The van der Waals surface area contributed by atoms with Crippen molar-refractivity contribution >= 4 is 17.6 Å². The Hall–Kier alpha value is -3.41. The van der Waals surface area contributed by atoms with E-state index in [1.807, 2.05) is 30.3 Å². The molecule has 1 aromatic heterocycles. The first-order valence-electron chi connectivity index (χ1n) is 7.67.